The molecule has 0 aliphatic carbocycles. The van der Waals surface area contributed by atoms with Gasteiger partial charge < -0.3 is 13.3 Å². The monoisotopic (exact) mass is 268 g/mol. The van der Waals surface area contributed by atoms with Crippen LogP contribution in [0.2, 0.25) is 6.04 Å². The van der Waals surface area contributed by atoms with Crippen molar-refractivity contribution in [3.63, 3.8) is 0 Å². The quantitative estimate of drug-likeness (QED) is 0.443. The molecule has 3 nitrogen and oxygen atoms in total. The van der Waals surface area contributed by atoms with E-state index in [1.807, 2.05) is 32.0 Å². The smallest absolute Gasteiger partial charge is 0.374 e. The maximum absolute atomic E-state index is 5.75. The maximum Gasteiger partial charge on any atom is 0.500 e. The number of hydrogen-bond donors (Lipinski definition) is 0. The molecule has 92 valence electrons. The zero-order valence-electron chi connectivity index (χ0n) is 10.4. The minimum Gasteiger partial charge on any atom is -0.374 e. The summed E-state index contributed by atoms with van der Waals surface area (Å²) in [5.41, 5.74) is 0. The Bertz CT molecular complexity index is 132. The lowest BCUT2D eigenvalue weighted by atomic mass is 10.6. The van der Waals surface area contributed by atoms with Crippen molar-refractivity contribution < 1.29 is 13.3 Å². The molecule has 0 aromatic carbocycles. The van der Waals surface area contributed by atoms with E-state index >= 15 is 0 Å². The highest BCUT2D eigenvalue weighted by atomic mass is 32.4. The first-order valence-corrected chi connectivity index (χ1v) is 11.4. The van der Waals surface area contributed by atoms with Gasteiger partial charge in [0.1, 0.15) is 0 Å². The summed E-state index contributed by atoms with van der Waals surface area (Å²) in [5, 5.41) is 0. The third kappa shape index (κ3) is 6.75. The Hall–Kier alpha value is 0.664. The summed E-state index contributed by atoms with van der Waals surface area (Å²) in [6, 6.07) is 0.956. The number of hydrogen-bond acceptors (Lipinski definition) is 4. The fraction of sp³-hybridized carbons (Fsp3) is 1.00. The summed E-state index contributed by atoms with van der Waals surface area (Å²) in [4.78, 5) is 0. The van der Waals surface area contributed by atoms with E-state index in [9.17, 15) is 0 Å². The Morgan fingerprint density at radius 3 is 1.80 bits per heavy atom. The standard InChI is InChI=1S/C9H24O3SSi2/c1-4-10-15(11-5-2,12-6-3)9-7-8-13-14/h4-9H2,1-3,14H3. The first-order chi connectivity index (χ1) is 7.24. The Labute approximate surface area is 102 Å². The van der Waals surface area contributed by atoms with Gasteiger partial charge in [0.15, 0.2) is 0 Å². The van der Waals surface area contributed by atoms with Crippen molar-refractivity contribution in [3.8, 4) is 0 Å². The van der Waals surface area contributed by atoms with E-state index in [2.05, 4.69) is 0 Å². The van der Waals surface area contributed by atoms with Crippen molar-refractivity contribution >= 4 is 29.4 Å². The van der Waals surface area contributed by atoms with E-state index < -0.39 is 8.80 Å². The third-order valence-corrected chi connectivity index (χ3v) is 7.00. The molecule has 0 fully saturated rings. The predicted octanol–water partition coefficient (Wildman–Crippen LogP) is 1.44. The van der Waals surface area contributed by atoms with Crippen molar-refractivity contribution in [1.29, 1.82) is 0 Å². The van der Waals surface area contributed by atoms with E-state index in [-0.39, 0.29) is 0 Å². The van der Waals surface area contributed by atoms with Gasteiger partial charge in [0.2, 0.25) is 0 Å². The number of rotatable bonds is 10. The van der Waals surface area contributed by atoms with Crippen LogP contribution in [-0.2, 0) is 13.3 Å². The average molecular weight is 269 g/mol. The van der Waals surface area contributed by atoms with Crippen LogP contribution < -0.4 is 0 Å². The van der Waals surface area contributed by atoms with E-state index in [4.69, 9.17) is 13.3 Å². The topological polar surface area (TPSA) is 27.7 Å². The Morgan fingerprint density at radius 2 is 1.47 bits per heavy atom. The molecule has 15 heavy (non-hydrogen) atoms. The van der Waals surface area contributed by atoms with E-state index in [0.29, 0.717) is 19.8 Å². The van der Waals surface area contributed by atoms with Crippen molar-refractivity contribution in [2.75, 3.05) is 25.6 Å². The minimum absolute atomic E-state index is 0.681. The lowest BCUT2D eigenvalue weighted by Gasteiger charge is -2.28. The van der Waals surface area contributed by atoms with Crippen LogP contribution in [-0.4, -0.2) is 43.8 Å². The maximum atomic E-state index is 5.75. The molecular formula is C9H24O3SSi2. The van der Waals surface area contributed by atoms with Crippen molar-refractivity contribution in [3.05, 3.63) is 0 Å². The van der Waals surface area contributed by atoms with Gasteiger partial charge in [-0.3, -0.25) is 0 Å². The second kappa shape index (κ2) is 9.86. The van der Waals surface area contributed by atoms with Gasteiger partial charge in [0.05, 0.1) is 9.39 Å². The second-order valence-electron chi connectivity index (χ2n) is 3.08. The zero-order chi connectivity index (χ0) is 11.6. The molecule has 0 aromatic rings. The summed E-state index contributed by atoms with van der Waals surface area (Å²) < 4.78 is 17.3. The molecule has 0 spiro atoms. The van der Waals surface area contributed by atoms with E-state index in [0.717, 1.165) is 12.5 Å². The molecule has 0 atom stereocenters. The molecule has 0 amide bonds. The van der Waals surface area contributed by atoms with Crippen molar-refractivity contribution in [1.82, 2.24) is 0 Å². The summed E-state index contributed by atoms with van der Waals surface area (Å²) >= 11 is 1.99. The van der Waals surface area contributed by atoms with E-state index in [1.165, 1.54) is 15.1 Å². The SMILES string of the molecule is CCO[Si](CCCS[SiH3])(OCC)OCC. The molecule has 0 rings (SSSR count). The van der Waals surface area contributed by atoms with Crippen LogP contribution in [0.15, 0.2) is 0 Å². The van der Waals surface area contributed by atoms with Gasteiger partial charge in [-0.2, -0.15) is 11.2 Å². The molecule has 6 heteroatoms. The Morgan fingerprint density at radius 1 is 1.00 bits per heavy atom. The van der Waals surface area contributed by atoms with Gasteiger partial charge in [-0.25, -0.2) is 0 Å². The Balaban J connectivity index is 4.18. The normalized spacial score (nSPS) is 12.2. The summed E-state index contributed by atoms with van der Waals surface area (Å²) in [6.07, 6.45) is 1.14. The molecule has 0 unspecified atom stereocenters. The molecule has 0 radical (unpaired) electrons. The highest BCUT2D eigenvalue weighted by Crippen LogP contribution is 2.19. The fourth-order valence-electron chi connectivity index (χ4n) is 1.43. The zero-order valence-corrected chi connectivity index (χ0v) is 14.2. The molecule has 0 aliphatic rings. The minimum atomic E-state index is -2.33. The molecule has 0 N–H and O–H groups in total. The molecule has 0 saturated carbocycles. The van der Waals surface area contributed by atoms with Crippen LogP contribution in [0.4, 0.5) is 0 Å². The van der Waals surface area contributed by atoms with Gasteiger partial charge in [0.25, 0.3) is 0 Å². The highest BCUT2D eigenvalue weighted by molar-refractivity contribution is 8.19. The molecule has 0 bridgehead atoms. The van der Waals surface area contributed by atoms with E-state index in [1.54, 1.807) is 0 Å². The molecular weight excluding hydrogens is 244 g/mol. The molecule has 0 heterocycles. The Kier molecular flexibility index (Phi) is 10.3. The first kappa shape index (κ1) is 15.7. The third-order valence-electron chi connectivity index (χ3n) is 1.92. The summed E-state index contributed by atoms with van der Waals surface area (Å²) in [6.45, 7) is 8.05. The van der Waals surface area contributed by atoms with Gasteiger partial charge in [-0.05, 0) is 32.9 Å². The van der Waals surface area contributed by atoms with Crippen LogP contribution in [0.5, 0.6) is 0 Å². The van der Waals surface area contributed by atoms with Gasteiger partial charge in [-0.1, -0.05) is 0 Å². The lowest BCUT2D eigenvalue weighted by Crippen LogP contribution is -2.46. The molecule has 0 aliphatic heterocycles. The average Bonchev–Trinajstić information content (AvgIpc) is 2.19. The largest absolute Gasteiger partial charge is 0.500 e. The van der Waals surface area contributed by atoms with Gasteiger partial charge >= 0.3 is 8.80 Å². The van der Waals surface area contributed by atoms with Crippen LogP contribution >= 0.6 is 11.2 Å². The van der Waals surface area contributed by atoms with Crippen LogP contribution in [0.3, 0.4) is 0 Å². The van der Waals surface area contributed by atoms with Crippen LogP contribution in [0.25, 0.3) is 0 Å². The van der Waals surface area contributed by atoms with Crippen molar-refractivity contribution in [2.45, 2.75) is 33.2 Å². The van der Waals surface area contributed by atoms with Gasteiger partial charge in [0, 0.05) is 25.9 Å². The predicted molar refractivity (Wildman–Crippen MR) is 72.5 cm³/mol. The molecule has 0 saturated heterocycles. The highest BCUT2D eigenvalue weighted by Gasteiger charge is 2.39. The lowest BCUT2D eigenvalue weighted by molar-refractivity contribution is 0.0712. The fourth-order valence-corrected chi connectivity index (χ4v) is 5.60. The summed E-state index contributed by atoms with van der Waals surface area (Å²) in [5.74, 6) is 1.20. The van der Waals surface area contributed by atoms with Crippen molar-refractivity contribution in [2.24, 2.45) is 0 Å². The summed E-state index contributed by atoms with van der Waals surface area (Å²) in [7, 11) is -1.12. The first-order valence-electron chi connectivity index (χ1n) is 5.65. The molecule has 0 aromatic heterocycles. The van der Waals surface area contributed by atoms with Gasteiger partial charge in [-0.15, -0.1) is 0 Å². The van der Waals surface area contributed by atoms with Crippen LogP contribution in [0, 0.1) is 0 Å². The van der Waals surface area contributed by atoms with Crippen LogP contribution in [0.1, 0.15) is 27.2 Å². The second-order valence-corrected chi connectivity index (χ2v) is 8.53.